The monoisotopic (exact) mass is 333 g/mol. The summed E-state index contributed by atoms with van der Waals surface area (Å²) < 4.78 is 12.6. The summed E-state index contributed by atoms with van der Waals surface area (Å²) >= 11 is 0. The minimum absolute atomic E-state index is 1.03. The summed E-state index contributed by atoms with van der Waals surface area (Å²) in [4.78, 5) is 0. The molecule has 0 heterocycles. The Hall–Kier alpha value is 1.00. The minimum Gasteiger partial charge on any atom is -0.436 e. The lowest BCUT2D eigenvalue weighted by atomic mass is 10.9. The standard InChI is InChI=1S/C11H29O2Si5/c1-14-8-10-17(4,5)12-16(3)13-18(6,7)11-9-15-2/h8-11H2,1-7H3. The summed E-state index contributed by atoms with van der Waals surface area (Å²) in [6, 6.07) is 5.22. The van der Waals surface area contributed by atoms with Crippen LogP contribution in [-0.2, 0) is 8.23 Å². The predicted molar refractivity (Wildman–Crippen MR) is 91.2 cm³/mol. The van der Waals surface area contributed by atoms with Crippen molar-refractivity contribution in [1.82, 2.24) is 0 Å². The Balaban J connectivity index is 4.11. The zero-order valence-electron chi connectivity index (χ0n) is 13.1. The lowest BCUT2D eigenvalue weighted by molar-refractivity contribution is 0.421. The van der Waals surface area contributed by atoms with E-state index in [4.69, 9.17) is 8.23 Å². The van der Waals surface area contributed by atoms with Gasteiger partial charge >= 0.3 is 9.28 Å². The first kappa shape index (κ1) is 19.0. The van der Waals surface area contributed by atoms with Gasteiger partial charge in [-0.1, -0.05) is 25.2 Å². The summed E-state index contributed by atoms with van der Waals surface area (Å²) in [5.74, 6) is 0. The van der Waals surface area contributed by atoms with Gasteiger partial charge < -0.3 is 8.23 Å². The molecule has 0 aliphatic rings. The molecule has 0 aromatic heterocycles. The van der Waals surface area contributed by atoms with Gasteiger partial charge in [-0.05, 0) is 44.8 Å². The Kier molecular flexibility index (Phi) is 9.54. The summed E-state index contributed by atoms with van der Waals surface area (Å²) in [6.45, 7) is 16.1. The van der Waals surface area contributed by atoms with Gasteiger partial charge in [0.05, 0.1) is 0 Å². The van der Waals surface area contributed by atoms with Gasteiger partial charge in [-0.2, -0.15) is 0 Å². The molecule has 7 heteroatoms. The molecule has 0 aliphatic heterocycles. The minimum atomic E-state index is -1.47. The molecule has 0 spiro atoms. The van der Waals surface area contributed by atoms with Crippen LogP contribution in [0.2, 0.25) is 70.0 Å². The molecule has 0 N–H and O–H groups in total. The van der Waals surface area contributed by atoms with E-state index in [0.717, 1.165) is 19.0 Å². The van der Waals surface area contributed by atoms with Crippen molar-refractivity contribution in [3.05, 3.63) is 0 Å². The molecule has 0 rings (SSSR count). The smallest absolute Gasteiger partial charge is 0.359 e. The Labute approximate surface area is 123 Å². The third-order valence-corrected chi connectivity index (χ3v) is 14.9. The Morgan fingerprint density at radius 1 is 0.833 bits per heavy atom. The second-order valence-electron chi connectivity index (χ2n) is 5.92. The molecule has 0 bridgehead atoms. The topological polar surface area (TPSA) is 18.5 Å². The molecule has 0 unspecified atom stereocenters. The molecule has 105 valence electrons. The molecule has 0 aromatic carbocycles. The normalized spacial score (nSPS) is 13.3. The average molecular weight is 334 g/mol. The fourth-order valence-electron chi connectivity index (χ4n) is 1.75. The number of hydrogen-bond donors (Lipinski definition) is 0. The van der Waals surface area contributed by atoms with Crippen LogP contribution in [0.15, 0.2) is 0 Å². The zero-order valence-corrected chi connectivity index (χ0v) is 18.1. The third kappa shape index (κ3) is 9.87. The zero-order chi connectivity index (χ0) is 14.2. The fraction of sp³-hybridized carbons (Fsp3) is 1.00. The van der Waals surface area contributed by atoms with Gasteiger partial charge in [-0.25, -0.2) is 0 Å². The second-order valence-corrected chi connectivity index (χ2v) is 19.0. The highest BCUT2D eigenvalue weighted by Crippen LogP contribution is 2.20. The van der Waals surface area contributed by atoms with E-state index in [1.54, 1.807) is 0 Å². The molecule has 0 fully saturated rings. The van der Waals surface area contributed by atoms with E-state index in [0.29, 0.717) is 0 Å². The molecular formula is C11H29O2Si5. The SMILES string of the molecule is C[Si]CC[Si](C)(C)O[Si](C)O[Si](C)(C)CC[Si]C. The van der Waals surface area contributed by atoms with Crippen LogP contribution in [-0.4, -0.2) is 45.0 Å². The summed E-state index contributed by atoms with van der Waals surface area (Å²) in [5, 5.41) is 0. The molecule has 5 radical (unpaired) electrons. The maximum atomic E-state index is 6.32. The highest BCUT2D eigenvalue weighted by molar-refractivity contribution is 6.82. The van der Waals surface area contributed by atoms with E-state index >= 15 is 0 Å². The van der Waals surface area contributed by atoms with E-state index < -0.39 is 25.9 Å². The highest BCUT2D eigenvalue weighted by atomic mass is 28.4. The first-order chi connectivity index (χ1) is 8.22. The first-order valence-corrected chi connectivity index (χ1v) is 18.2. The summed E-state index contributed by atoms with van der Waals surface area (Å²) in [6.07, 6.45) is 0. The Morgan fingerprint density at radius 3 is 1.44 bits per heavy atom. The highest BCUT2D eigenvalue weighted by Gasteiger charge is 2.31. The van der Waals surface area contributed by atoms with Crippen molar-refractivity contribution in [2.24, 2.45) is 0 Å². The average Bonchev–Trinajstić information content (AvgIpc) is 2.22. The number of rotatable bonds is 10. The van der Waals surface area contributed by atoms with Gasteiger partial charge in [0, 0.05) is 19.0 Å². The largest absolute Gasteiger partial charge is 0.436 e. The molecular weight excluding hydrogens is 305 g/mol. The molecule has 0 atom stereocenters. The second kappa shape index (κ2) is 9.03. The van der Waals surface area contributed by atoms with Crippen molar-refractivity contribution in [1.29, 1.82) is 0 Å². The van der Waals surface area contributed by atoms with E-state index in [1.165, 1.54) is 24.2 Å². The maximum Gasteiger partial charge on any atom is 0.359 e. The van der Waals surface area contributed by atoms with Gasteiger partial charge in [0.15, 0.2) is 16.6 Å². The van der Waals surface area contributed by atoms with Crippen LogP contribution in [0.25, 0.3) is 0 Å². The van der Waals surface area contributed by atoms with Crippen molar-refractivity contribution in [2.75, 3.05) is 0 Å². The Morgan fingerprint density at radius 2 is 1.17 bits per heavy atom. The van der Waals surface area contributed by atoms with Gasteiger partial charge in [-0.15, -0.1) is 0 Å². The Bertz CT molecular complexity index is 201. The molecule has 18 heavy (non-hydrogen) atoms. The van der Waals surface area contributed by atoms with E-state index in [1.807, 2.05) is 0 Å². The van der Waals surface area contributed by atoms with Gasteiger partial charge in [0.2, 0.25) is 0 Å². The number of hydrogen-bond acceptors (Lipinski definition) is 2. The van der Waals surface area contributed by atoms with Crippen LogP contribution in [0.3, 0.4) is 0 Å². The van der Waals surface area contributed by atoms with E-state index in [9.17, 15) is 0 Å². The molecule has 0 aliphatic carbocycles. The lowest BCUT2D eigenvalue weighted by Gasteiger charge is -2.31. The quantitative estimate of drug-likeness (QED) is 0.565. The predicted octanol–water partition coefficient (Wildman–Crippen LogP) is 3.89. The van der Waals surface area contributed by atoms with Crippen LogP contribution in [0.4, 0.5) is 0 Å². The molecule has 0 saturated heterocycles. The van der Waals surface area contributed by atoms with Crippen LogP contribution in [0.1, 0.15) is 0 Å². The van der Waals surface area contributed by atoms with Crippen molar-refractivity contribution >= 4 is 45.0 Å². The van der Waals surface area contributed by atoms with Gasteiger partial charge in [0.25, 0.3) is 0 Å². The van der Waals surface area contributed by atoms with Crippen molar-refractivity contribution in [3.63, 3.8) is 0 Å². The van der Waals surface area contributed by atoms with Crippen molar-refractivity contribution in [2.45, 2.75) is 70.0 Å². The van der Waals surface area contributed by atoms with Crippen molar-refractivity contribution < 1.29 is 8.23 Å². The maximum absolute atomic E-state index is 6.32. The summed E-state index contributed by atoms with van der Waals surface area (Å²) in [5.41, 5.74) is 0. The van der Waals surface area contributed by atoms with Crippen LogP contribution in [0, 0.1) is 0 Å². The molecule has 0 aromatic rings. The van der Waals surface area contributed by atoms with Gasteiger partial charge in [-0.3, -0.25) is 0 Å². The van der Waals surface area contributed by atoms with Crippen LogP contribution >= 0.6 is 0 Å². The van der Waals surface area contributed by atoms with Crippen molar-refractivity contribution in [3.8, 4) is 0 Å². The summed E-state index contributed by atoms with van der Waals surface area (Å²) in [7, 11) is -1.86. The molecule has 0 amide bonds. The molecule has 2 nitrogen and oxygen atoms in total. The van der Waals surface area contributed by atoms with E-state index in [-0.39, 0.29) is 0 Å². The van der Waals surface area contributed by atoms with Gasteiger partial charge in [0.1, 0.15) is 0 Å². The third-order valence-electron chi connectivity index (χ3n) is 2.79. The van der Waals surface area contributed by atoms with Crippen LogP contribution < -0.4 is 0 Å². The molecule has 0 saturated carbocycles. The van der Waals surface area contributed by atoms with Crippen LogP contribution in [0.5, 0.6) is 0 Å². The first-order valence-electron chi connectivity index (χ1n) is 6.73. The fourth-order valence-corrected chi connectivity index (χ4v) is 16.2. The lowest BCUT2D eigenvalue weighted by Crippen LogP contribution is -2.44. The van der Waals surface area contributed by atoms with E-state index in [2.05, 4.69) is 45.8 Å².